The lowest BCUT2D eigenvalue weighted by atomic mass is 9.89. The van der Waals surface area contributed by atoms with Gasteiger partial charge in [0.15, 0.2) is 0 Å². The molecule has 26 heavy (non-hydrogen) atoms. The highest BCUT2D eigenvalue weighted by Crippen LogP contribution is 2.24. The topological polar surface area (TPSA) is 51.7 Å². The van der Waals surface area contributed by atoms with Crippen LogP contribution in [0.25, 0.3) is 0 Å². The van der Waals surface area contributed by atoms with Crippen LogP contribution >= 0.6 is 0 Å². The molecule has 3 rings (SSSR count). The fourth-order valence-electron chi connectivity index (χ4n) is 4.09. The average Bonchev–Trinajstić information content (AvgIpc) is 2.66. The first kappa shape index (κ1) is 19.1. The lowest BCUT2D eigenvalue weighted by molar-refractivity contribution is 0.0664. The van der Waals surface area contributed by atoms with E-state index < -0.39 is 0 Å². The molecule has 6 heteroatoms. The average molecular weight is 360 g/mol. The number of aryl methyl sites for hydroxylation is 1. The van der Waals surface area contributed by atoms with E-state index in [0.717, 1.165) is 37.3 Å². The molecule has 0 aliphatic carbocycles. The molecular formula is C20H33N5O. The Labute approximate surface area is 157 Å². The third-order valence-electron chi connectivity index (χ3n) is 5.99. The molecule has 2 fully saturated rings. The van der Waals surface area contributed by atoms with E-state index in [-0.39, 0.29) is 6.03 Å². The minimum absolute atomic E-state index is 0.0407. The van der Waals surface area contributed by atoms with Gasteiger partial charge in [-0.15, -0.1) is 0 Å². The highest BCUT2D eigenvalue weighted by atomic mass is 16.2. The third kappa shape index (κ3) is 4.95. The maximum Gasteiger partial charge on any atom is 0.317 e. The first-order chi connectivity index (χ1) is 12.5. The summed E-state index contributed by atoms with van der Waals surface area (Å²) >= 11 is 0. The number of piperazine rings is 1. The van der Waals surface area contributed by atoms with Crippen molar-refractivity contribution in [2.24, 2.45) is 5.92 Å². The maximum absolute atomic E-state index is 12.4. The summed E-state index contributed by atoms with van der Waals surface area (Å²) in [6, 6.07) is 6.56. The van der Waals surface area contributed by atoms with E-state index in [1.54, 1.807) is 0 Å². The van der Waals surface area contributed by atoms with Gasteiger partial charge in [-0.05, 0) is 51.8 Å². The summed E-state index contributed by atoms with van der Waals surface area (Å²) in [6.07, 6.45) is 2.20. The molecule has 0 saturated carbocycles. The van der Waals surface area contributed by atoms with Crippen LogP contribution in [-0.2, 0) is 6.54 Å². The van der Waals surface area contributed by atoms with Crippen LogP contribution in [0, 0.1) is 12.8 Å². The van der Waals surface area contributed by atoms with Crippen molar-refractivity contribution >= 4 is 6.03 Å². The highest BCUT2D eigenvalue weighted by Gasteiger charge is 2.30. The molecule has 6 nitrogen and oxygen atoms in total. The van der Waals surface area contributed by atoms with E-state index in [1.165, 1.54) is 26.2 Å². The van der Waals surface area contributed by atoms with Gasteiger partial charge < -0.3 is 15.1 Å². The number of hydrogen-bond donors (Lipinski definition) is 1. The van der Waals surface area contributed by atoms with Gasteiger partial charge in [-0.25, -0.2) is 4.79 Å². The molecule has 0 aromatic carbocycles. The first-order valence-corrected chi connectivity index (χ1v) is 9.91. The van der Waals surface area contributed by atoms with E-state index in [2.05, 4.69) is 34.1 Å². The Balaban J connectivity index is 1.42. The van der Waals surface area contributed by atoms with Crippen LogP contribution in [0.4, 0.5) is 4.79 Å². The Morgan fingerprint density at radius 1 is 1.19 bits per heavy atom. The van der Waals surface area contributed by atoms with Crippen LogP contribution in [0.1, 0.15) is 31.2 Å². The number of carbonyl (C=O) groups excluding carboxylic acids is 1. The number of urea groups is 1. The third-order valence-corrected chi connectivity index (χ3v) is 5.99. The number of likely N-dealkylation sites (N-methyl/N-ethyl adjacent to an activating group) is 1. The molecule has 1 aromatic rings. The van der Waals surface area contributed by atoms with Crippen molar-refractivity contribution in [3.8, 4) is 0 Å². The van der Waals surface area contributed by atoms with E-state index in [1.807, 2.05) is 30.0 Å². The Bertz CT molecular complexity index is 592. The molecule has 3 heterocycles. The van der Waals surface area contributed by atoms with Gasteiger partial charge in [0.1, 0.15) is 0 Å². The smallest absolute Gasteiger partial charge is 0.317 e. The highest BCUT2D eigenvalue weighted by molar-refractivity contribution is 5.74. The fraction of sp³-hybridized carbons (Fsp3) is 0.700. The van der Waals surface area contributed by atoms with Crippen LogP contribution in [0.15, 0.2) is 18.2 Å². The van der Waals surface area contributed by atoms with Gasteiger partial charge in [0.2, 0.25) is 0 Å². The summed E-state index contributed by atoms with van der Waals surface area (Å²) in [5.74, 6) is 0.695. The zero-order chi connectivity index (χ0) is 18.5. The normalized spacial score (nSPS) is 21.6. The van der Waals surface area contributed by atoms with Crippen molar-refractivity contribution in [3.63, 3.8) is 0 Å². The number of piperidine rings is 1. The van der Waals surface area contributed by atoms with Crippen molar-refractivity contribution in [2.75, 3.05) is 46.3 Å². The molecule has 1 unspecified atom stereocenters. The van der Waals surface area contributed by atoms with Gasteiger partial charge in [-0.3, -0.25) is 9.88 Å². The summed E-state index contributed by atoms with van der Waals surface area (Å²) in [5.41, 5.74) is 1.90. The summed E-state index contributed by atoms with van der Waals surface area (Å²) in [6.45, 7) is 11.2. The standard InChI is InChI=1S/C20H33N5O/c1-16-5-4-6-19(22-16)15-21-20(26)25-9-7-18(8-10-25)17(2)24-13-11-23(3)12-14-24/h4-6,17-18H,7-15H2,1-3H3,(H,21,26). The summed E-state index contributed by atoms with van der Waals surface area (Å²) in [5, 5.41) is 3.02. The van der Waals surface area contributed by atoms with Gasteiger partial charge in [-0.1, -0.05) is 6.07 Å². The molecular weight excluding hydrogens is 326 g/mol. The number of rotatable bonds is 4. The number of pyridine rings is 1. The Kier molecular flexibility index (Phi) is 6.48. The zero-order valence-corrected chi connectivity index (χ0v) is 16.4. The van der Waals surface area contributed by atoms with Crippen molar-refractivity contribution < 1.29 is 4.79 Å². The van der Waals surface area contributed by atoms with E-state index in [4.69, 9.17) is 0 Å². The van der Waals surface area contributed by atoms with E-state index in [9.17, 15) is 4.79 Å². The quantitative estimate of drug-likeness (QED) is 0.893. The Morgan fingerprint density at radius 3 is 2.54 bits per heavy atom. The number of aromatic nitrogens is 1. The summed E-state index contributed by atoms with van der Waals surface area (Å²) in [7, 11) is 2.20. The van der Waals surface area contributed by atoms with Gasteiger partial charge in [0.25, 0.3) is 0 Å². The second-order valence-corrected chi connectivity index (χ2v) is 7.83. The van der Waals surface area contributed by atoms with Gasteiger partial charge in [0, 0.05) is 51.0 Å². The van der Waals surface area contributed by atoms with Gasteiger partial charge in [-0.2, -0.15) is 0 Å². The lowest BCUT2D eigenvalue weighted by Crippen LogP contribution is -2.52. The second kappa shape index (κ2) is 8.82. The molecule has 1 aromatic heterocycles. The molecule has 0 radical (unpaired) electrons. The second-order valence-electron chi connectivity index (χ2n) is 7.83. The number of nitrogens with one attached hydrogen (secondary N) is 1. The predicted molar refractivity (Wildman–Crippen MR) is 104 cm³/mol. The first-order valence-electron chi connectivity index (χ1n) is 9.91. The number of likely N-dealkylation sites (tertiary alicyclic amines) is 1. The SMILES string of the molecule is Cc1cccc(CNC(=O)N2CCC(C(C)N3CCN(C)CC3)CC2)n1. The summed E-state index contributed by atoms with van der Waals surface area (Å²) < 4.78 is 0. The minimum atomic E-state index is 0.0407. The number of hydrogen-bond acceptors (Lipinski definition) is 4. The molecule has 0 bridgehead atoms. The molecule has 2 aliphatic rings. The largest absolute Gasteiger partial charge is 0.332 e. The van der Waals surface area contributed by atoms with Crippen LogP contribution in [0.5, 0.6) is 0 Å². The Morgan fingerprint density at radius 2 is 1.88 bits per heavy atom. The molecule has 2 saturated heterocycles. The number of amides is 2. The zero-order valence-electron chi connectivity index (χ0n) is 16.4. The van der Waals surface area contributed by atoms with Crippen LogP contribution in [-0.4, -0.2) is 78.1 Å². The molecule has 1 atom stereocenters. The maximum atomic E-state index is 12.4. The van der Waals surface area contributed by atoms with E-state index in [0.29, 0.717) is 18.5 Å². The minimum Gasteiger partial charge on any atom is -0.332 e. The lowest BCUT2D eigenvalue weighted by Gasteiger charge is -2.42. The molecule has 0 spiro atoms. The molecule has 2 amide bonds. The van der Waals surface area contributed by atoms with Crippen LogP contribution in [0.2, 0.25) is 0 Å². The van der Waals surface area contributed by atoms with Gasteiger partial charge >= 0.3 is 6.03 Å². The monoisotopic (exact) mass is 359 g/mol. The number of carbonyl (C=O) groups is 1. The molecule has 144 valence electrons. The molecule has 1 N–H and O–H groups in total. The van der Waals surface area contributed by atoms with Crippen molar-refractivity contribution in [3.05, 3.63) is 29.6 Å². The van der Waals surface area contributed by atoms with Crippen LogP contribution in [0.3, 0.4) is 0 Å². The molecule has 2 aliphatic heterocycles. The number of nitrogens with zero attached hydrogens (tertiary/aromatic N) is 4. The fourth-order valence-corrected chi connectivity index (χ4v) is 4.09. The van der Waals surface area contributed by atoms with Crippen LogP contribution < -0.4 is 5.32 Å². The Hall–Kier alpha value is -1.66. The van der Waals surface area contributed by atoms with Crippen molar-refractivity contribution in [2.45, 2.75) is 39.3 Å². The predicted octanol–water partition coefficient (Wildman–Crippen LogP) is 1.95. The van der Waals surface area contributed by atoms with Gasteiger partial charge in [0.05, 0.1) is 12.2 Å². The van der Waals surface area contributed by atoms with E-state index >= 15 is 0 Å². The summed E-state index contributed by atoms with van der Waals surface area (Å²) in [4.78, 5) is 23.9. The van der Waals surface area contributed by atoms with Crippen molar-refractivity contribution in [1.82, 2.24) is 25.0 Å². The van der Waals surface area contributed by atoms with Crippen molar-refractivity contribution in [1.29, 1.82) is 0 Å².